The van der Waals surface area contributed by atoms with Gasteiger partial charge in [-0.2, -0.15) is 13.2 Å². The summed E-state index contributed by atoms with van der Waals surface area (Å²) in [7, 11) is 0. The molecule has 0 bridgehead atoms. The van der Waals surface area contributed by atoms with E-state index in [1.807, 2.05) is 0 Å². The molecule has 1 unspecified atom stereocenters. The van der Waals surface area contributed by atoms with Crippen LogP contribution in [0.2, 0.25) is 0 Å². The summed E-state index contributed by atoms with van der Waals surface area (Å²) in [6.07, 6.45) is -5.75. The van der Waals surface area contributed by atoms with Crippen molar-refractivity contribution < 1.29 is 32.3 Å². The number of amides is 3. The first-order chi connectivity index (χ1) is 14.4. The van der Waals surface area contributed by atoms with Gasteiger partial charge < -0.3 is 10.1 Å². The normalized spacial score (nSPS) is 15.1. The summed E-state index contributed by atoms with van der Waals surface area (Å²) < 4.78 is 44.9. The molecule has 9 heteroatoms. The van der Waals surface area contributed by atoms with Crippen LogP contribution < -0.4 is 5.32 Å². The number of benzene rings is 2. The van der Waals surface area contributed by atoms with E-state index in [2.05, 4.69) is 5.32 Å². The molecule has 1 N–H and O–H groups in total. The summed E-state index contributed by atoms with van der Waals surface area (Å²) in [6, 6.07) is 11.0. The molecule has 2 aromatic rings. The molecule has 0 radical (unpaired) electrons. The van der Waals surface area contributed by atoms with Gasteiger partial charge in [0.1, 0.15) is 6.10 Å². The van der Waals surface area contributed by atoms with E-state index in [4.69, 9.17) is 4.74 Å². The Bertz CT molecular complexity index is 998. The van der Waals surface area contributed by atoms with Crippen LogP contribution in [0.5, 0.6) is 0 Å². The lowest BCUT2D eigenvalue weighted by atomic mass is 10.0. The van der Waals surface area contributed by atoms with Gasteiger partial charge in [0.2, 0.25) is 0 Å². The molecule has 3 rings (SSSR count). The van der Waals surface area contributed by atoms with Gasteiger partial charge in [-0.3, -0.25) is 19.3 Å². The van der Waals surface area contributed by atoms with Crippen LogP contribution in [0, 0.1) is 0 Å². The standard InChI is InChI=1S/C22H21F3N2O4/c1-13(18(28)26-17-11-7-6-10-16(17)22(23,24)25)31-12-21(2,3)27-19(29)14-8-4-5-9-15(14)20(27)30/h4-11,13H,12H2,1-3H3,(H,26,28). The fraction of sp³-hybridized carbons (Fsp3) is 0.318. The molecule has 31 heavy (non-hydrogen) atoms. The number of nitrogens with zero attached hydrogens (tertiary/aromatic N) is 1. The highest BCUT2D eigenvalue weighted by Gasteiger charge is 2.44. The Labute approximate surface area is 177 Å². The molecule has 1 aliphatic rings. The third kappa shape index (κ3) is 4.46. The second-order valence-corrected chi connectivity index (χ2v) is 7.79. The summed E-state index contributed by atoms with van der Waals surface area (Å²) in [5, 5.41) is 2.22. The second kappa shape index (κ2) is 8.14. The van der Waals surface area contributed by atoms with E-state index in [9.17, 15) is 27.6 Å². The first-order valence-electron chi connectivity index (χ1n) is 9.50. The number of imide groups is 1. The van der Waals surface area contributed by atoms with Crippen molar-refractivity contribution in [2.45, 2.75) is 38.6 Å². The van der Waals surface area contributed by atoms with Crippen molar-refractivity contribution in [2.75, 3.05) is 11.9 Å². The van der Waals surface area contributed by atoms with Crippen molar-refractivity contribution >= 4 is 23.4 Å². The molecule has 0 fully saturated rings. The molecule has 0 saturated heterocycles. The number of carbonyl (C=O) groups is 3. The van der Waals surface area contributed by atoms with Crippen molar-refractivity contribution in [3.8, 4) is 0 Å². The van der Waals surface area contributed by atoms with E-state index in [0.29, 0.717) is 0 Å². The molecular weight excluding hydrogens is 413 g/mol. The molecule has 164 valence electrons. The lowest BCUT2D eigenvalue weighted by molar-refractivity contribution is -0.137. The molecule has 6 nitrogen and oxygen atoms in total. The van der Waals surface area contributed by atoms with Crippen LogP contribution in [0.3, 0.4) is 0 Å². The smallest absolute Gasteiger partial charge is 0.366 e. The number of hydrogen-bond acceptors (Lipinski definition) is 4. The Morgan fingerprint density at radius 1 is 1.00 bits per heavy atom. The first kappa shape index (κ1) is 22.5. The maximum absolute atomic E-state index is 13.1. The average Bonchev–Trinajstić information content (AvgIpc) is 2.97. The fourth-order valence-electron chi connectivity index (χ4n) is 3.28. The van der Waals surface area contributed by atoms with Crippen LogP contribution in [0.25, 0.3) is 0 Å². The molecule has 0 aromatic heterocycles. The predicted octanol–water partition coefficient (Wildman–Crippen LogP) is 4.12. The molecular formula is C22H21F3N2O4. The number of anilines is 1. The number of hydrogen-bond donors (Lipinski definition) is 1. The SMILES string of the molecule is CC(OCC(C)(C)N1C(=O)c2ccccc2C1=O)C(=O)Nc1ccccc1C(F)(F)F. The van der Waals surface area contributed by atoms with E-state index >= 15 is 0 Å². The van der Waals surface area contributed by atoms with E-state index in [-0.39, 0.29) is 23.4 Å². The third-order valence-corrected chi connectivity index (χ3v) is 4.95. The number of ether oxygens (including phenoxy) is 1. The van der Waals surface area contributed by atoms with Crippen LogP contribution in [0.4, 0.5) is 18.9 Å². The minimum atomic E-state index is -4.62. The summed E-state index contributed by atoms with van der Waals surface area (Å²) in [5.41, 5.74) is -1.87. The van der Waals surface area contributed by atoms with Crippen molar-refractivity contribution in [1.82, 2.24) is 4.90 Å². The van der Waals surface area contributed by atoms with E-state index < -0.39 is 41.1 Å². The van der Waals surface area contributed by atoms with Crippen LogP contribution in [0.15, 0.2) is 48.5 Å². The van der Waals surface area contributed by atoms with Crippen LogP contribution >= 0.6 is 0 Å². The molecule has 0 aliphatic carbocycles. The van der Waals surface area contributed by atoms with Gasteiger partial charge in [-0.05, 0) is 45.0 Å². The number of nitrogens with one attached hydrogen (secondary N) is 1. The number of rotatable bonds is 6. The zero-order valence-corrected chi connectivity index (χ0v) is 17.1. The van der Waals surface area contributed by atoms with Gasteiger partial charge in [0.05, 0.1) is 34.5 Å². The van der Waals surface area contributed by atoms with Gasteiger partial charge in [-0.15, -0.1) is 0 Å². The quantitative estimate of drug-likeness (QED) is 0.694. The lowest BCUT2D eigenvalue weighted by Gasteiger charge is -2.34. The number of alkyl halides is 3. The first-order valence-corrected chi connectivity index (χ1v) is 9.50. The third-order valence-electron chi connectivity index (χ3n) is 4.95. The Balaban J connectivity index is 1.67. The highest BCUT2D eigenvalue weighted by molar-refractivity contribution is 6.21. The maximum atomic E-state index is 13.1. The van der Waals surface area contributed by atoms with E-state index in [1.165, 1.54) is 19.1 Å². The van der Waals surface area contributed by atoms with Crippen molar-refractivity contribution in [3.63, 3.8) is 0 Å². The number of halogens is 3. The Morgan fingerprint density at radius 3 is 2.06 bits per heavy atom. The zero-order valence-electron chi connectivity index (χ0n) is 17.1. The van der Waals surface area contributed by atoms with Crippen molar-refractivity contribution in [3.05, 3.63) is 65.2 Å². The lowest BCUT2D eigenvalue weighted by Crippen LogP contribution is -2.51. The fourth-order valence-corrected chi connectivity index (χ4v) is 3.28. The summed E-state index contributed by atoms with van der Waals surface area (Å²) in [4.78, 5) is 38.8. The maximum Gasteiger partial charge on any atom is 0.418 e. The van der Waals surface area contributed by atoms with Gasteiger partial charge >= 0.3 is 6.18 Å². The molecule has 1 heterocycles. The molecule has 3 amide bonds. The van der Waals surface area contributed by atoms with Gasteiger partial charge in [-0.25, -0.2) is 0 Å². The van der Waals surface area contributed by atoms with Gasteiger partial charge in [0.15, 0.2) is 0 Å². The summed E-state index contributed by atoms with van der Waals surface area (Å²) >= 11 is 0. The van der Waals surface area contributed by atoms with Gasteiger partial charge in [0, 0.05) is 0 Å². The predicted molar refractivity (Wildman–Crippen MR) is 107 cm³/mol. The molecule has 0 spiro atoms. The number of carbonyl (C=O) groups excluding carboxylic acids is 3. The van der Waals surface area contributed by atoms with Gasteiger partial charge in [-0.1, -0.05) is 24.3 Å². The minimum Gasteiger partial charge on any atom is -0.366 e. The van der Waals surface area contributed by atoms with Crippen molar-refractivity contribution in [2.24, 2.45) is 0 Å². The molecule has 0 saturated carbocycles. The van der Waals surface area contributed by atoms with E-state index in [0.717, 1.165) is 17.0 Å². The number of para-hydroxylation sites is 1. The number of fused-ring (bicyclic) bond motifs is 1. The molecule has 1 atom stereocenters. The molecule has 2 aromatic carbocycles. The van der Waals surface area contributed by atoms with Crippen LogP contribution in [-0.2, 0) is 15.7 Å². The minimum absolute atomic E-state index is 0.187. The Kier molecular flexibility index (Phi) is 5.91. The monoisotopic (exact) mass is 434 g/mol. The topological polar surface area (TPSA) is 75.7 Å². The van der Waals surface area contributed by atoms with Gasteiger partial charge in [0.25, 0.3) is 17.7 Å². The van der Waals surface area contributed by atoms with Crippen LogP contribution in [0.1, 0.15) is 47.1 Å². The Morgan fingerprint density at radius 2 is 1.52 bits per heavy atom. The van der Waals surface area contributed by atoms with E-state index in [1.54, 1.807) is 38.1 Å². The highest BCUT2D eigenvalue weighted by atomic mass is 19.4. The van der Waals surface area contributed by atoms with Crippen molar-refractivity contribution in [1.29, 1.82) is 0 Å². The second-order valence-electron chi connectivity index (χ2n) is 7.79. The summed E-state index contributed by atoms with van der Waals surface area (Å²) in [6.45, 7) is 4.41. The highest BCUT2D eigenvalue weighted by Crippen LogP contribution is 2.35. The summed E-state index contributed by atoms with van der Waals surface area (Å²) in [5.74, 6) is -1.72. The zero-order chi connectivity index (χ0) is 23.0. The largest absolute Gasteiger partial charge is 0.418 e. The Hall–Kier alpha value is -3.20. The van der Waals surface area contributed by atoms with Crippen LogP contribution in [-0.4, -0.2) is 40.9 Å². The average molecular weight is 434 g/mol. The molecule has 1 aliphatic heterocycles.